The molecule has 14 heteroatoms. The molecule has 3 aromatic heterocycles. The molecule has 0 saturated heterocycles. The molecule has 2 amide bonds. The Labute approximate surface area is 280 Å². The lowest BCUT2D eigenvalue weighted by molar-refractivity contribution is 0.0491. The molecule has 1 aliphatic carbocycles. The van der Waals surface area contributed by atoms with Crippen LogP contribution >= 0.6 is 0 Å². The first-order chi connectivity index (χ1) is 22.8. The van der Waals surface area contributed by atoms with Gasteiger partial charge in [-0.2, -0.15) is 10.1 Å². The molecular weight excluding hydrogens is 612 g/mol. The second-order valence-electron chi connectivity index (χ2n) is 14.0. The molecule has 0 spiro atoms. The van der Waals surface area contributed by atoms with Crippen molar-refractivity contribution in [2.75, 3.05) is 22.5 Å². The highest BCUT2D eigenvalue weighted by molar-refractivity contribution is 5.89. The molecule has 0 aliphatic heterocycles. The lowest BCUT2D eigenvalue weighted by Crippen LogP contribution is -2.42. The number of benzene rings is 1. The third-order valence-electron chi connectivity index (χ3n) is 7.50. The topological polar surface area (TPSA) is 181 Å². The van der Waals surface area contributed by atoms with E-state index in [1.807, 2.05) is 71.9 Å². The molecule has 0 atom stereocenters. The van der Waals surface area contributed by atoms with Crippen molar-refractivity contribution in [2.24, 2.45) is 0 Å². The minimum absolute atomic E-state index is 0.0920. The second-order valence-corrected chi connectivity index (χ2v) is 14.0. The number of anilines is 3. The van der Waals surface area contributed by atoms with Gasteiger partial charge in [0.15, 0.2) is 5.65 Å². The van der Waals surface area contributed by atoms with E-state index >= 15 is 0 Å². The zero-order chi connectivity index (χ0) is 34.3. The molecule has 3 heterocycles. The summed E-state index contributed by atoms with van der Waals surface area (Å²) in [6.07, 6.45) is 7.69. The maximum Gasteiger partial charge on any atom is 0.412 e. The largest absolute Gasteiger partial charge is 0.444 e. The Bertz CT molecular complexity index is 1700. The predicted octanol–water partition coefficient (Wildman–Crippen LogP) is 6.45. The van der Waals surface area contributed by atoms with Crippen LogP contribution in [0.3, 0.4) is 0 Å². The SMILES string of the molecule is CC(C)(C)OC(=O)Nc1cccc(CCCNc2nccc(-c3[nH]nc4nc(NC5CCC(NC(=O)OC(C)(C)C)CC5)ncc34)n2)c1. The van der Waals surface area contributed by atoms with E-state index in [1.54, 1.807) is 12.4 Å². The minimum atomic E-state index is -0.557. The van der Waals surface area contributed by atoms with Crippen molar-refractivity contribution in [3.63, 3.8) is 0 Å². The van der Waals surface area contributed by atoms with Gasteiger partial charge in [0.05, 0.1) is 16.8 Å². The average molecular weight is 659 g/mol. The number of nitrogens with one attached hydrogen (secondary N) is 5. The number of hydrogen-bond donors (Lipinski definition) is 5. The van der Waals surface area contributed by atoms with E-state index < -0.39 is 17.3 Å². The summed E-state index contributed by atoms with van der Waals surface area (Å²) in [5, 5.41) is 20.7. The minimum Gasteiger partial charge on any atom is -0.444 e. The van der Waals surface area contributed by atoms with Gasteiger partial charge in [0.1, 0.15) is 11.2 Å². The van der Waals surface area contributed by atoms with Crippen molar-refractivity contribution >= 4 is 40.8 Å². The number of amides is 2. The molecule has 1 saturated carbocycles. The molecule has 0 unspecified atom stereocenters. The number of carbonyl (C=O) groups is 2. The fraction of sp³-hybridized carbons (Fsp3) is 0.500. The van der Waals surface area contributed by atoms with Crippen LogP contribution in [0.4, 0.5) is 27.2 Å². The molecule has 1 aromatic carbocycles. The molecule has 1 aliphatic rings. The highest BCUT2D eigenvalue weighted by Gasteiger charge is 2.25. The third kappa shape index (κ3) is 10.2. The van der Waals surface area contributed by atoms with Gasteiger partial charge in [0, 0.05) is 36.7 Å². The summed E-state index contributed by atoms with van der Waals surface area (Å²) < 4.78 is 10.7. The number of carbonyl (C=O) groups excluding carboxylic acids is 2. The molecule has 48 heavy (non-hydrogen) atoms. The zero-order valence-corrected chi connectivity index (χ0v) is 28.5. The van der Waals surface area contributed by atoms with E-state index in [0.717, 1.165) is 49.5 Å². The highest BCUT2D eigenvalue weighted by atomic mass is 16.6. The lowest BCUT2D eigenvalue weighted by atomic mass is 9.91. The van der Waals surface area contributed by atoms with Gasteiger partial charge in [-0.25, -0.2) is 24.5 Å². The van der Waals surface area contributed by atoms with Gasteiger partial charge in [-0.05, 0) is 104 Å². The van der Waals surface area contributed by atoms with E-state index in [0.29, 0.717) is 41.2 Å². The smallest absolute Gasteiger partial charge is 0.412 e. The number of H-pyrrole nitrogens is 1. The zero-order valence-electron chi connectivity index (χ0n) is 28.5. The molecule has 1 fully saturated rings. The summed E-state index contributed by atoms with van der Waals surface area (Å²) >= 11 is 0. The molecule has 14 nitrogen and oxygen atoms in total. The maximum absolute atomic E-state index is 12.1. The first-order valence-corrected chi connectivity index (χ1v) is 16.4. The van der Waals surface area contributed by atoms with E-state index in [2.05, 4.69) is 51.4 Å². The van der Waals surface area contributed by atoms with Crippen LogP contribution in [-0.4, -0.2) is 72.2 Å². The normalized spacial score (nSPS) is 16.6. The van der Waals surface area contributed by atoms with Crippen LogP contribution in [0.1, 0.15) is 79.2 Å². The van der Waals surface area contributed by atoms with Gasteiger partial charge in [-0.1, -0.05) is 12.1 Å². The van der Waals surface area contributed by atoms with Crippen LogP contribution in [-0.2, 0) is 15.9 Å². The van der Waals surface area contributed by atoms with Crippen LogP contribution in [0.15, 0.2) is 42.7 Å². The molecule has 0 bridgehead atoms. The fourth-order valence-corrected chi connectivity index (χ4v) is 5.41. The first kappa shape index (κ1) is 34.3. The number of aryl methyl sites for hydroxylation is 1. The number of ether oxygens (including phenoxy) is 2. The summed E-state index contributed by atoms with van der Waals surface area (Å²) in [5.41, 5.74) is 2.65. The summed E-state index contributed by atoms with van der Waals surface area (Å²) in [7, 11) is 0. The van der Waals surface area contributed by atoms with Crippen LogP contribution in [0, 0.1) is 0 Å². The molecule has 5 rings (SSSR count). The summed E-state index contributed by atoms with van der Waals surface area (Å²) in [4.78, 5) is 42.5. The lowest BCUT2D eigenvalue weighted by Gasteiger charge is -2.30. The molecule has 0 radical (unpaired) electrons. The third-order valence-corrected chi connectivity index (χ3v) is 7.50. The Morgan fingerprint density at radius 3 is 2.38 bits per heavy atom. The Kier molecular flexibility index (Phi) is 10.6. The van der Waals surface area contributed by atoms with Gasteiger partial charge in [0.25, 0.3) is 0 Å². The van der Waals surface area contributed by atoms with E-state index in [4.69, 9.17) is 9.47 Å². The Balaban J connectivity index is 1.10. The van der Waals surface area contributed by atoms with Crippen molar-refractivity contribution in [2.45, 2.75) is 103 Å². The van der Waals surface area contributed by atoms with Gasteiger partial charge in [-0.3, -0.25) is 10.4 Å². The van der Waals surface area contributed by atoms with Crippen LogP contribution in [0.5, 0.6) is 0 Å². The van der Waals surface area contributed by atoms with Crippen molar-refractivity contribution in [3.8, 4) is 11.4 Å². The summed E-state index contributed by atoms with van der Waals surface area (Å²) in [6, 6.07) is 9.84. The van der Waals surface area contributed by atoms with E-state index in [1.165, 1.54) is 0 Å². The van der Waals surface area contributed by atoms with Crippen molar-refractivity contribution < 1.29 is 19.1 Å². The van der Waals surface area contributed by atoms with E-state index in [9.17, 15) is 9.59 Å². The Morgan fingerprint density at radius 2 is 1.62 bits per heavy atom. The Morgan fingerprint density at radius 1 is 0.896 bits per heavy atom. The van der Waals surface area contributed by atoms with Crippen molar-refractivity contribution in [1.82, 2.24) is 35.5 Å². The quantitative estimate of drug-likeness (QED) is 0.118. The monoisotopic (exact) mass is 658 g/mol. The molecule has 5 N–H and O–H groups in total. The second kappa shape index (κ2) is 14.8. The number of fused-ring (bicyclic) bond motifs is 1. The number of aromatic nitrogens is 6. The number of hydrogen-bond acceptors (Lipinski definition) is 11. The molecular formula is C34H46N10O4. The standard InChI is InChI=1S/C34H46N10O4/c1-33(2,3)47-31(45)39-23-14-12-22(13-15-23)38-30-37-20-25-27(43-44-28(25)42-30)26-16-18-36-29(41-26)35-17-8-10-21-9-7-11-24(19-21)40-32(46)48-34(4,5)6/h7,9,11,16,18-20,22-23H,8,10,12-15,17H2,1-6H3,(H,39,45)(H,40,46)(H,35,36,41)(H2,37,38,42,43,44). The first-order valence-electron chi connectivity index (χ1n) is 16.4. The van der Waals surface area contributed by atoms with Crippen LogP contribution in [0.2, 0.25) is 0 Å². The summed E-state index contributed by atoms with van der Waals surface area (Å²) in [6.45, 7) is 11.7. The van der Waals surface area contributed by atoms with Gasteiger partial charge >= 0.3 is 12.2 Å². The molecule has 4 aromatic rings. The number of rotatable bonds is 10. The maximum atomic E-state index is 12.1. The van der Waals surface area contributed by atoms with Gasteiger partial charge in [0.2, 0.25) is 11.9 Å². The van der Waals surface area contributed by atoms with Crippen LogP contribution < -0.4 is 21.3 Å². The highest BCUT2D eigenvalue weighted by Crippen LogP contribution is 2.26. The molecule has 256 valence electrons. The summed E-state index contributed by atoms with van der Waals surface area (Å²) in [5.74, 6) is 1.02. The Hall–Kier alpha value is -5.01. The fourth-order valence-electron chi connectivity index (χ4n) is 5.41. The van der Waals surface area contributed by atoms with Crippen molar-refractivity contribution in [1.29, 1.82) is 0 Å². The number of alkyl carbamates (subject to hydrolysis) is 1. The predicted molar refractivity (Wildman–Crippen MR) is 185 cm³/mol. The van der Waals surface area contributed by atoms with Crippen molar-refractivity contribution in [3.05, 3.63) is 48.3 Å². The van der Waals surface area contributed by atoms with Gasteiger partial charge < -0.3 is 25.4 Å². The van der Waals surface area contributed by atoms with E-state index in [-0.39, 0.29) is 18.2 Å². The number of nitrogens with zero attached hydrogens (tertiary/aromatic N) is 5. The van der Waals surface area contributed by atoms with Gasteiger partial charge in [-0.15, -0.1) is 0 Å². The van der Waals surface area contributed by atoms with Crippen LogP contribution in [0.25, 0.3) is 22.4 Å². The number of aromatic amines is 1. The average Bonchev–Trinajstić information content (AvgIpc) is 3.42.